The number of nitrogens with one attached hydrogen (secondary N) is 1. The maximum absolute atomic E-state index is 6.08. The van der Waals surface area contributed by atoms with Crippen molar-refractivity contribution in [1.82, 2.24) is 4.98 Å². The fourth-order valence-corrected chi connectivity index (χ4v) is 1.98. The molecule has 0 unspecified atom stereocenters. The summed E-state index contributed by atoms with van der Waals surface area (Å²) in [5, 5.41) is 3.78. The molecule has 2 rings (SSSR count). The average molecular weight is 299 g/mol. The lowest BCUT2D eigenvalue weighted by molar-refractivity contribution is 1.33. The van der Waals surface area contributed by atoms with Gasteiger partial charge in [-0.05, 0) is 24.3 Å². The van der Waals surface area contributed by atoms with Gasteiger partial charge in [-0.3, -0.25) is 4.98 Å². The maximum atomic E-state index is 6.08. The number of nitrogens with two attached hydrogens (primary N) is 1. The smallest absolute Gasteiger partial charge is 0.0739 e. The highest BCUT2D eigenvalue weighted by Gasteiger charge is 2.03. The molecule has 1 heterocycles. The molecule has 0 saturated carbocycles. The number of rotatable bonds is 2. The Morgan fingerprint density at radius 2 is 2.06 bits per heavy atom. The Labute approximate surface area is 107 Å². The maximum Gasteiger partial charge on any atom is 0.0739 e. The molecule has 3 N–H and O–H groups in total. The molecule has 3 nitrogen and oxygen atoms in total. The van der Waals surface area contributed by atoms with Crippen molar-refractivity contribution in [2.75, 3.05) is 11.1 Å². The van der Waals surface area contributed by atoms with Gasteiger partial charge in [-0.25, -0.2) is 0 Å². The first-order valence-corrected chi connectivity index (χ1v) is 5.75. The number of halogens is 2. The molecule has 0 atom stereocenters. The van der Waals surface area contributed by atoms with E-state index in [2.05, 4.69) is 26.2 Å². The van der Waals surface area contributed by atoms with Gasteiger partial charge in [0.2, 0.25) is 0 Å². The van der Waals surface area contributed by atoms with Crippen LogP contribution in [0, 0.1) is 0 Å². The van der Waals surface area contributed by atoms with Gasteiger partial charge < -0.3 is 11.1 Å². The normalized spacial score (nSPS) is 10.1. The highest BCUT2D eigenvalue weighted by molar-refractivity contribution is 9.10. The van der Waals surface area contributed by atoms with Gasteiger partial charge >= 0.3 is 0 Å². The van der Waals surface area contributed by atoms with Crippen LogP contribution in [-0.4, -0.2) is 4.98 Å². The van der Waals surface area contributed by atoms with Gasteiger partial charge in [-0.1, -0.05) is 27.5 Å². The molecule has 0 aliphatic rings. The van der Waals surface area contributed by atoms with Crippen LogP contribution in [0.2, 0.25) is 5.02 Å². The largest absolute Gasteiger partial charge is 0.396 e. The van der Waals surface area contributed by atoms with Crippen LogP contribution in [0.4, 0.5) is 17.1 Å². The highest BCUT2D eigenvalue weighted by atomic mass is 79.9. The fraction of sp³-hybridized carbons (Fsp3) is 0. The second-order valence-corrected chi connectivity index (χ2v) is 4.53. The summed E-state index contributed by atoms with van der Waals surface area (Å²) in [6, 6.07) is 7.41. The Morgan fingerprint density at radius 1 is 1.25 bits per heavy atom. The van der Waals surface area contributed by atoms with Crippen molar-refractivity contribution < 1.29 is 0 Å². The van der Waals surface area contributed by atoms with Crippen molar-refractivity contribution in [3.05, 3.63) is 46.2 Å². The number of hydrogen-bond acceptors (Lipinski definition) is 3. The number of aromatic nitrogens is 1. The highest BCUT2D eigenvalue weighted by Crippen LogP contribution is 2.29. The molecule has 0 spiro atoms. The Morgan fingerprint density at radius 3 is 2.75 bits per heavy atom. The lowest BCUT2D eigenvalue weighted by Gasteiger charge is -2.10. The summed E-state index contributed by atoms with van der Waals surface area (Å²) in [6.45, 7) is 0. The lowest BCUT2D eigenvalue weighted by atomic mass is 10.3. The summed E-state index contributed by atoms with van der Waals surface area (Å²) in [4.78, 5) is 3.92. The minimum atomic E-state index is 0.585. The Kier molecular flexibility index (Phi) is 3.31. The molecule has 0 bridgehead atoms. The van der Waals surface area contributed by atoms with Gasteiger partial charge in [0.1, 0.15) is 0 Å². The Bertz CT molecular complexity index is 516. The van der Waals surface area contributed by atoms with Crippen LogP contribution >= 0.6 is 27.5 Å². The van der Waals surface area contributed by atoms with Gasteiger partial charge in [0.25, 0.3) is 0 Å². The predicted octanol–water partition coefficient (Wildman–Crippen LogP) is 3.82. The molecular formula is C11H9BrClN3. The van der Waals surface area contributed by atoms with Crippen LogP contribution in [0.25, 0.3) is 0 Å². The van der Waals surface area contributed by atoms with E-state index in [1.165, 1.54) is 0 Å². The number of pyridine rings is 1. The summed E-state index contributed by atoms with van der Waals surface area (Å²) in [5.41, 5.74) is 7.95. The zero-order chi connectivity index (χ0) is 11.5. The second-order valence-electron chi connectivity index (χ2n) is 3.21. The summed E-state index contributed by atoms with van der Waals surface area (Å²) in [7, 11) is 0. The van der Waals surface area contributed by atoms with Crippen LogP contribution in [0.1, 0.15) is 0 Å². The molecule has 0 radical (unpaired) electrons. The van der Waals surface area contributed by atoms with Crippen LogP contribution in [0.15, 0.2) is 41.1 Å². The molecule has 1 aromatic heterocycles. The molecule has 0 saturated heterocycles. The number of anilines is 3. The van der Waals surface area contributed by atoms with Gasteiger partial charge in [0.15, 0.2) is 0 Å². The van der Waals surface area contributed by atoms with Crippen LogP contribution in [0.3, 0.4) is 0 Å². The molecule has 0 aliphatic heterocycles. The molecule has 1 aromatic carbocycles. The first-order chi connectivity index (χ1) is 7.66. The second kappa shape index (κ2) is 4.72. The van der Waals surface area contributed by atoms with Gasteiger partial charge in [0, 0.05) is 10.7 Å². The molecule has 0 fully saturated rings. The molecule has 0 amide bonds. The van der Waals surface area contributed by atoms with Crippen molar-refractivity contribution in [3.63, 3.8) is 0 Å². The third-order valence-electron chi connectivity index (χ3n) is 2.05. The van der Waals surface area contributed by atoms with E-state index in [1.807, 2.05) is 18.2 Å². The van der Waals surface area contributed by atoms with Crippen molar-refractivity contribution in [1.29, 1.82) is 0 Å². The van der Waals surface area contributed by atoms with Crippen molar-refractivity contribution in [2.24, 2.45) is 0 Å². The van der Waals surface area contributed by atoms with Crippen LogP contribution < -0.4 is 11.1 Å². The van der Waals surface area contributed by atoms with Crippen LogP contribution in [-0.2, 0) is 0 Å². The van der Waals surface area contributed by atoms with E-state index in [0.717, 1.165) is 15.8 Å². The molecule has 5 heteroatoms. The number of hydrogen-bond donors (Lipinski definition) is 2. The number of benzene rings is 1. The lowest BCUT2D eigenvalue weighted by Crippen LogP contribution is -1.97. The predicted molar refractivity (Wildman–Crippen MR) is 71.1 cm³/mol. The average Bonchev–Trinajstić information content (AvgIpc) is 2.25. The standard InChI is InChI=1S/C11H9BrClN3/c12-7-1-2-10(8(13)5-7)16-11-3-4-15-6-9(11)14/h1-6H,14H2,(H,15,16). The molecule has 16 heavy (non-hydrogen) atoms. The summed E-state index contributed by atoms with van der Waals surface area (Å²) in [5.74, 6) is 0. The Balaban J connectivity index is 2.31. The van der Waals surface area contributed by atoms with Gasteiger partial charge in [-0.2, -0.15) is 0 Å². The van der Waals surface area contributed by atoms with Gasteiger partial charge in [-0.15, -0.1) is 0 Å². The van der Waals surface area contributed by atoms with Crippen molar-refractivity contribution in [3.8, 4) is 0 Å². The SMILES string of the molecule is Nc1cnccc1Nc1ccc(Br)cc1Cl. The molecular weight excluding hydrogens is 289 g/mol. The monoisotopic (exact) mass is 297 g/mol. The molecule has 82 valence electrons. The zero-order valence-corrected chi connectivity index (χ0v) is 10.6. The summed E-state index contributed by atoms with van der Waals surface area (Å²) in [6.07, 6.45) is 3.26. The summed E-state index contributed by atoms with van der Waals surface area (Å²) < 4.78 is 0.936. The zero-order valence-electron chi connectivity index (χ0n) is 8.24. The van der Waals surface area contributed by atoms with E-state index < -0.39 is 0 Å². The van der Waals surface area contributed by atoms with Crippen LogP contribution in [0.5, 0.6) is 0 Å². The van der Waals surface area contributed by atoms with Gasteiger partial charge in [0.05, 0.1) is 28.3 Å². The van der Waals surface area contributed by atoms with E-state index in [9.17, 15) is 0 Å². The first-order valence-electron chi connectivity index (χ1n) is 4.58. The number of nitrogens with zero attached hydrogens (tertiary/aromatic N) is 1. The minimum absolute atomic E-state index is 0.585. The van der Waals surface area contributed by atoms with E-state index in [1.54, 1.807) is 18.5 Å². The third kappa shape index (κ3) is 2.46. The first kappa shape index (κ1) is 11.2. The third-order valence-corrected chi connectivity index (χ3v) is 2.86. The Hall–Kier alpha value is -1.26. The van der Waals surface area contributed by atoms with Crippen molar-refractivity contribution in [2.45, 2.75) is 0 Å². The molecule has 0 aliphatic carbocycles. The topological polar surface area (TPSA) is 50.9 Å². The van der Waals surface area contributed by atoms with E-state index >= 15 is 0 Å². The molecule has 2 aromatic rings. The van der Waals surface area contributed by atoms with E-state index in [4.69, 9.17) is 17.3 Å². The minimum Gasteiger partial charge on any atom is -0.396 e. The fourth-order valence-electron chi connectivity index (χ4n) is 1.26. The number of nitrogen functional groups attached to an aromatic ring is 1. The van der Waals surface area contributed by atoms with E-state index in [-0.39, 0.29) is 0 Å². The summed E-state index contributed by atoms with van der Waals surface area (Å²) >= 11 is 9.43. The van der Waals surface area contributed by atoms with Crippen molar-refractivity contribution >= 4 is 44.6 Å². The van der Waals surface area contributed by atoms with E-state index in [0.29, 0.717) is 10.7 Å². The quantitative estimate of drug-likeness (QED) is 0.886.